The molecule has 7 heteroatoms. The Morgan fingerprint density at radius 2 is 1.86 bits per heavy atom. The third kappa shape index (κ3) is 5.55. The van der Waals surface area contributed by atoms with Crippen LogP contribution >= 0.6 is 0 Å². The van der Waals surface area contributed by atoms with Crippen molar-refractivity contribution in [3.05, 3.63) is 29.8 Å². The van der Waals surface area contributed by atoms with Gasteiger partial charge in [0.15, 0.2) is 0 Å². The zero-order valence-corrected chi connectivity index (χ0v) is 12.4. The van der Waals surface area contributed by atoms with Crippen LogP contribution in [0.15, 0.2) is 24.3 Å². The van der Waals surface area contributed by atoms with E-state index in [-0.39, 0.29) is 17.6 Å². The summed E-state index contributed by atoms with van der Waals surface area (Å²) in [5.74, 6) is -1.32. The summed E-state index contributed by atoms with van der Waals surface area (Å²) >= 11 is 0. The molecule has 124 valence electrons. The van der Waals surface area contributed by atoms with E-state index < -0.39 is 18.4 Å². The Balaban J connectivity index is 2.78. The van der Waals surface area contributed by atoms with Crippen molar-refractivity contribution < 1.29 is 27.8 Å². The van der Waals surface area contributed by atoms with Crippen LogP contribution < -0.4 is 10.5 Å². The molecule has 1 aromatic rings. The van der Waals surface area contributed by atoms with Crippen LogP contribution in [0.1, 0.15) is 38.2 Å². The van der Waals surface area contributed by atoms with Gasteiger partial charge < -0.3 is 15.6 Å². The van der Waals surface area contributed by atoms with E-state index in [1.165, 1.54) is 12.1 Å². The van der Waals surface area contributed by atoms with Crippen LogP contribution in [-0.2, 0) is 4.79 Å². The lowest BCUT2D eigenvalue weighted by Crippen LogP contribution is -2.33. The highest BCUT2D eigenvalue weighted by atomic mass is 19.4. The Kier molecular flexibility index (Phi) is 6.22. The predicted molar refractivity (Wildman–Crippen MR) is 75.5 cm³/mol. The van der Waals surface area contributed by atoms with E-state index in [9.17, 15) is 18.0 Å². The van der Waals surface area contributed by atoms with E-state index in [0.717, 1.165) is 12.0 Å². The number of carboxylic acid groups (broad SMARTS) is 1. The van der Waals surface area contributed by atoms with Crippen molar-refractivity contribution in [1.29, 1.82) is 0 Å². The van der Waals surface area contributed by atoms with Crippen molar-refractivity contribution >= 4 is 5.97 Å². The summed E-state index contributed by atoms with van der Waals surface area (Å²) in [7, 11) is 0. The molecule has 0 aliphatic carbocycles. The lowest BCUT2D eigenvalue weighted by molar-refractivity contribution is -0.274. The number of halogens is 3. The Bertz CT molecular complexity index is 488. The predicted octanol–water partition coefficient (Wildman–Crippen LogP) is 3.52. The van der Waals surface area contributed by atoms with Gasteiger partial charge >= 0.3 is 12.3 Å². The third-order valence-electron chi connectivity index (χ3n) is 3.74. The molecule has 0 aromatic heterocycles. The number of rotatable bonds is 7. The van der Waals surface area contributed by atoms with E-state index in [0.29, 0.717) is 6.42 Å². The number of hydrogen-bond donors (Lipinski definition) is 2. The molecule has 0 aliphatic rings. The van der Waals surface area contributed by atoms with E-state index in [2.05, 4.69) is 4.74 Å². The highest BCUT2D eigenvalue weighted by Crippen LogP contribution is 2.32. The van der Waals surface area contributed by atoms with Crippen LogP contribution in [-0.4, -0.2) is 23.5 Å². The minimum Gasteiger partial charge on any atom is -0.480 e. The molecule has 1 rings (SSSR count). The summed E-state index contributed by atoms with van der Waals surface area (Å²) in [6.07, 6.45) is -3.68. The Labute approximate surface area is 127 Å². The lowest BCUT2D eigenvalue weighted by Gasteiger charge is -2.25. The van der Waals surface area contributed by atoms with Gasteiger partial charge in [-0.25, -0.2) is 0 Å². The summed E-state index contributed by atoms with van der Waals surface area (Å²) in [5.41, 5.74) is 6.38. The van der Waals surface area contributed by atoms with Crippen LogP contribution in [0.25, 0.3) is 0 Å². The molecule has 3 unspecified atom stereocenters. The van der Waals surface area contributed by atoms with Crippen LogP contribution in [0.5, 0.6) is 5.75 Å². The SMILES string of the molecule is CCC(CC(N)C(=O)O)C(C)c1ccc(OC(F)(F)F)cc1. The van der Waals surface area contributed by atoms with Gasteiger partial charge in [-0.1, -0.05) is 32.4 Å². The number of benzene rings is 1. The Hall–Kier alpha value is -1.76. The molecule has 22 heavy (non-hydrogen) atoms. The molecule has 0 saturated heterocycles. The fraction of sp³-hybridized carbons (Fsp3) is 0.533. The smallest absolute Gasteiger partial charge is 0.480 e. The maximum Gasteiger partial charge on any atom is 0.573 e. The average Bonchev–Trinajstić information content (AvgIpc) is 2.42. The number of hydrogen-bond acceptors (Lipinski definition) is 3. The van der Waals surface area contributed by atoms with Gasteiger partial charge in [-0.3, -0.25) is 4.79 Å². The number of carbonyl (C=O) groups is 1. The standard InChI is InChI=1S/C15H20F3NO3/c1-3-10(8-13(19)14(20)21)9(2)11-4-6-12(7-5-11)22-15(16,17)18/h4-7,9-10,13H,3,8,19H2,1-2H3,(H,20,21). The van der Waals surface area contributed by atoms with Gasteiger partial charge in [0.05, 0.1) is 0 Å². The fourth-order valence-corrected chi connectivity index (χ4v) is 2.40. The third-order valence-corrected chi connectivity index (χ3v) is 3.74. The first-order valence-corrected chi connectivity index (χ1v) is 6.98. The van der Waals surface area contributed by atoms with Crippen molar-refractivity contribution in [2.24, 2.45) is 11.7 Å². The van der Waals surface area contributed by atoms with Gasteiger partial charge in [0, 0.05) is 0 Å². The lowest BCUT2D eigenvalue weighted by atomic mass is 9.82. The first-order chi connectivity index (χ1) is 10.1. The van der Waals surface area contributed by atoms with Gasteiger partial charge in [-0.2, -0.15) is 0 Å². The molecule has 0 saturated carbocycles. The van der Waals surface area contributed by atoms with Crippen molar-refractivity contribution in [3.8, 4) is 5.75 Å². The molecular weight excluding hydrogens is 299 g/mol. The van der Waals surface area contributed by atoms with Gasteiger partial charge in [0.25, 0.3) is 0 Å². The quantitative estimate of drug-likeness (QED) is 0.806. The number of carboxylic acids is 1. The molecule has 4 nitrogen and oxygen atoms in total. The fourth-order valence-electron chi connectivity index (χ4n) is 2.40. The van der Waals surface area contributed by atoms with E-state index in [4.69, 9.17) is 10.8 Å². The van der Waals surface area contributed by atoms with Crippen LogP contribution in [0, 0.1) is 5.92 Å². The van der Waals surface area contributed by atoms with E-state index in [1.54, 1.807) is 12.1 Å². The first kappa shape index (κ1) is 18.3. The highest BCUT2D eigenvalue weighted by Gasteiger charge is 2.31. The second-order valence-electron chi connectivity index (χ2n) is 5.25. The Morgan fingerprint density at radius 1 is 1.32 bits per heavy atom. The van der Waals surface area contributed by atoms with E-state index >= 15 is 0 Å². The molecule has 0 spiro atoms. The molecule has 0 radical (unpaired) electrons. The molecule has 3 N–H and O–H groups in total. The number of alkyl halides is 3. The van der Waals surface area contributed by atoms with Gasteiger partial charge in [-0.15, -0.1) is 13.2 Å². The second-order valence-corrected chi connectivity index (χ2v) is 5.25. The molecule has 0 aliphatic heterocycles. The first-order valence-electron chi connectivity index (χ1n) is 6.98. The molecule has 3 atom stereocenters. The summed E-state index contributed by atoms with van der Waals surface area (Å²) in [5, 5.41) is 8.88. The van der Waals surface area contributed by atoms with Gasteiger partial charge in [0.1, 0.15) is 11.8 Å². The monoisotopic (exact) mass is 319 g/mol. The topological polar surface area (TPSA) is 72.6 Å². The molecule has 0 fully saturated rings. The molecule has 0 heterocycles. The van der Waals surface area contributed by atoms with Crippen molar-refractivity contribution in [3.63, 3.8) is 0 Å². The molecule has 0 bridgehead atoms. The van der Waals surface area contributed by atoms with Crippen LogP contribution in [0.3, 0.4) is 0 Å². The maximum atomic E-state index is 12.1. The zero-order chi connectivity index (χ0) is 16.9. The number of nitrogens with two attached hydrogens (primary N) is 1. The van der Waals surface area contributed by atoms with Crippen molar-refractivity contribution in [1.82, 2.24) is 0 Å². The number of ether oxygens (including phenoxy) is 1. The average molecular weight is 319 g/mol. The highest BCUT2D eigenvalue weighted by molar-refractivity contribution is 5.73. The van der Waals surface area contributed by atoms with Crippen LogP contribution in [0.2, 0.25) is 0 Å². The molecule has 0 amide bonds. The molecule has 1 aromatic carbocycles. The maximum absolute atomic E-state index is 12.1. The van der Waals surface area contributed by atoms with Gasteiger partial charge in [0.2, 0.25) is 0 Å². The zero-order valence-electron chi connectivity index (χ0n) is 12.4. The minimum absolute atomic E-state index is 0.0182. The summed E-state index contributed by atoms with van der Waals surface area (Å²) in [6, 6.07) is 4.67. The van der Waals surface area contributed by atoms with E-state index in [1.807, 2.05) is 13.8 Å². The van der Waals surface area contributed by atoms with Crippen LogP contribution in [0.4, 0.5) is 13.2 Å². The van der Waals surface area contributed by atoms with Gasteiger partial charge in [-0.05, 0) is 36.0 Å². The second kappa shape index (κ2) is 7.49. The van der Waals surface area contributed by atoms with Crippen molar-refractivity contribution in [2.75, 3.05) is 0 Å². The summed E-state index contributed by atoms with van der Waals surface area (Å²) in [4.78, 5) is 10.8. The van der Waals surface area contributed by atoms with Crippen molar-refractivity contribution in [2.45, 2.75) is 45.0 Å². The minimum atomic E-state index is -4.71. The Morgan fingerprint density at radius 3 is 2.27 bits per heavy atom. The largest absolute Gasteiger partial charge is 0.573 e. The number of aliphatic carboxylic acids is 1. The molecular formula is C15H20F3NO3. The normalized spacial score (nSPS) is 15.9. The summed E-state index contributed by atoms with van der Waals surface area (Å²) < 4.78 is 40.2. The summed E-state index contributed by atoms with van der Waals surface area (Å²) in [6.45, 7) is 3.83.